The minimum atomic E-state index is -0.194. The number of amides is 1. The molecule has 0 saturated heterocycles. The van der Waals surface area contributed by atoms with Gasteiger partial charge in [0.15, 0.2) is 5.82 Å². The Balaban J connectivity index is 2.04. The first-order chi connectivity index (χ1) is 9.08. The molecule has 0 fully saturated rings. The number of rotatable bonds is 4. The van der Waals surface area contributed by atoms with Crippen molar-refractivity contribution in [3.63, 3.8) is 0 Å². The number of anilines is 1. The fraction of sp³-hybridized carbons (Fsp3) is 0.333. The molecule has 1 atom stereocenters. The molecule has 0 bridgehead atoms. The van der Waals surface area contributed by atoms with Crippen molar-refractivity contribution in [2.45, 2.75) is 32.6 Å². The second kappa shape index (κ2) is 5.69. The molecule has 0 aliphatic heterocycles. The van der Waals surface area contributed by atoms with Crippen LogP contribution in [-0.4, -0.2) is 16.1 Å². The number of aromatic nitrogens is 2. The van der Waals surface area contributed by atoms with Crippen molar-refractivity contribution in [3.05, 3.63) is 47.7 Å². The Morgan fingerprint density at radius 3 is 2.47 bits per heavy atom. The SMILES string of the molecule is CC(C)c1cc(NC(=O)C(C)c2ccccc2)n[nH]1. The van der Waals surface area contributed by atoms with Crippen LogP contribution in [0.4, 0.5) is 5.82 Å². The second-order valence-electron chi connectivity index (χ2n) is 4.98. The lowest BCUT2D eigenvalue weighted by Crippen LogP contribution is -2.19. The van der Waals surface area contributed by atoms with Gasteiger partial charge >= 0.3 is 0 Å². The molecule has 0 aliphatic rings. The van der Waals surface area contributed by atoms with E-state index in [1.54, 1.807) is 0 Å². The van der Waals surface area contributed by atoms with Gasteiger partial charge in [-0.25, -0.2) is 0 Å². The van der Waals surface area contributed by atoms with Crippen LogP contribution in [0.15, 0.2) is 36.4 Å². The van der Waals surface area contributed by atoms with Crippen LogP contribution in [0.25, 0.3) is 0 Å². The monoisotopic (exact) mass is 257 g/mol. The van der Waals surface area contributed by atoms with Crippen LogP contribution in [0.2, 0.25) is 0 Å². The van der Waals surface area contributed by atoms with Gasteiger partial charge in [0.1, 0.15) is 0 Å². The number of benzene rings is 1. The Morgan fingerprint density at radius 2 is 1.89 bits per heavy atom. The number of hydrogen-bond acceptors (Lipinski definition) is 2. The van der Waals surface area contributed by atoms with Crippen molar-refractivity contribution in [2.24, 2.45) is 0 Å². The van der Waals surface area contributed by atoms with E-state index in [0.29, 0.717) is 11.7 Å². The van der Waals surface area contributed by atoms with Gasteiger partial charge in [0.25, 0.3) is 0 Å². The molecule has 1 heterocycles. The largest absolute Gasteiger partial charge is 0.309 e. The van der Waals surface area contributed by atoms with E-state index in [-0.39, 0.29) is 11.8 Å². The van der Waals surface area contributed by atoms with Gasteiger partial charge in [-0.05, 0) is 18.4 Å². The number of H-pyrrole nitrogens is 1. The molecular formula is C15H19N3O. The van der Waals surface area contributed by atoms with Gasteiger partial charge in [-0.15, -0.1) is 0 Å². The van der Waals surface area contributed by atoms with Crippen molar-refractivity contribution in [3.8, 4) is 0 Å². The van der Waals surface area contributed by atoms with E-state index in [1.165, 1.54) is 0 Å². The summed E-state index contributed by atoms with van der Waals surface area (Å²) in [6.45, 7) is 6.04. The van der Waals surface area contributed by atoms with Gasteiger partial charge in [-0.1, -0.05) is 44.2 Å². The minimum absolute atomic E-state index is 0.0481. The maximum atomic E-state index is 12.1. The number of hydrogen-bond donors (Lipinski definition) is 2. The van der Waals surface area contributed by atoms with E-state index in [1.807, 2.05) is 43.3 Å². The Bertz CT molecular complexity index is 546. The summed E-state index contributed by atoms with van der Waals surface area (Å²) in [6.07, 6.45) is 0. The summed E-state index contributed by atoms with van der Waals surface area (Å²) in [5, 5.41) is 9.86. The summed E-state index contributed by atoms with van der Waals surface area (Å²) < 4.78 is 0. The average Bonchev–Trinajstić information content (AvgIpc) is 2.87. The summed E-state index contributed by atoms with van der Waals surface area (Å²) in [5.41, 5.74) is 2.02. The highest BCUT2D eigenvalue weighted by molar-refractivity contribution is 5.94. The number of nitrogens with one attached hydrogen (secondary N) is 2. The zero-order valence-electron chi connectivity index (χ0n) is 11.5. The van der Waals surface area contributed by atoms with Gasteiger partial charge in [0.05, 0.1) is 5.92 Å². The third-order valence-electron chi connectivity index (χ3n) is 3.16. The highest BCUT2D eigenvalue weighted by atomic mass is 16.1. The van der Waals surface area contributed by atoms with Crippen LogP contribution < -0.4 is 5.32 Å². The molecular weight excluding hydrogens is 238 g/mol. The third kappa shape index (κ3) is 3.22. The molecule has 1 aromatic heterocycles. The van der Waals surface area contributed by atoms with Crippen LogP contribution in [0, 0.1) is 0 Å². The van der Waals surface area contributed by atoms with Gasteiger partial charge in [0, 0.05) is 11.8 Å². The number of carbonyl (C=O) groups excluding carboxylic acids is 1. The zero-order chi connectivity index (χ0) is 13.8. The molecule has 4 heteroatoms. The summed E-state index contributed by atoms with van der Waals surface area (Å²) >= 11 is 0. The molecule has 0 spiro atoms. The first kappa shape index (κ1) is 13.3. The molecule has 1 unspecified atom stereocenters. The topological polar surface area (TPSA) is 57.8 Å². The van der Waals surface area contributed by atoms with E-state index in [9.17, 15) is 4.79 Å². The molecule has 0 radical (unpaired) electrons. The normalized spacial score (nSPS) is 12.4. The minimum Gasteiger partial charge on any atom is -0.309 e. The maximum absolute atomic E-state index is 12.1. The van der Waals surface area contributed by atoms with E-state index >= 15 is 0 Å². The summed E-state index contributed by atoms with van der Waals surface area (Å²) in [6, 6.07) is 11.6. The molecule has 19 heavy (non-hydrogen) atoms. The molecule has 2 rings (SSSR count). The standard InChI is InChI=1S/C15H19N3O/c1-10(2)13-9-14(18-17-13)16-15(19)11(3)12-7-5-4-6-8-12/h4-11H,1-3H3,(H2,16,17,18,19). The number of aromatic amines is 1. The second-order valence-corrected chi connectivity index (χ2v) is 4.98. The molecule has 2 N–H and O–H groups in total. The summed E-state index contributed by atoms with van der Waals surface area (Å²) in [7, 11) is 0. The fourth-order valence-electron chi connectivity index (χ4n) is 1.82. The Hall–Kier alpha value is -2.10. The lowest BCUT2D eigenvalue weighted by molar-refractivity contribution is -0.117. The average molecular weight is 257 g/mol. The first-order valence-corrected chi connectivity index (χ1v) is 6.49. The zero-order valence-corrected chi connectivity index (χ0v) is 11.5. The van der Waals surface area contributed by atoms with Crippen molar-refractivity contribution >= 4 is 11.7 Å². The van der Waals surface area contributed by atoms with Crippen LogP contribution in [0.1, 0.15) is 43.9 Å². The first-order valence-electron chi connectivity index (χ1n) is 6.49. The number of nitrogens with zero attached hydrogens (tertiary/aromatic N) is 1. The predicted molar refractivity (Wildman–Crippen MR) is 76.2 cm³/mol. The van der Waals surface area contributed by atoms with E-state index in [4.69, 9.17) is 0 Å². The predicted octanol–water partition coefficient (Wildman–Crippen LogP) is 3.28. The summed E-state index contributed by atoms with van der Waals surface area (Å²) in [5.74, 6) is 0.703. The molecule has 0 aliphatic carbocycles. The van der Waals surface area contributed by atoms with Crippen molar-refractivity contribution in [1.82, 2.24) is 10.2 Å². The van der Waals surface area contributed by atoms with Crippen molar-refractivity contribution < 1.29 is 4.79 Å². The van der Waals surface area contributed by atoms with Crippen molar-refractivity contribution in [2.75, 3.05) is 5.32 Å². The van der Waals surface area contributed by atoms with Crippen molar-refractivity contribution in [1.29, 1.82) is 0 Å². The Labute approximate surface area is 113 Å². The van der Waals surface area contributed by atoms with Crippen LogP contribution in [-0.2, 0) is 4.79 Å². The van der Waals surface area contributed by atoms with E-state index in [0.717, 1.165) is 11.3 Å². The molecule has 1 amide bonds. The molecule has 1 aromatic carbocycles. The van der Waals surface area contributed by atoms with Crippen LogP contribution >= 0.6 is 0 Å². The van der Waals surface area contributed by atoms with Gasteiger partial charge < -0.3 is 5.32 Å². The Morgan fingerprint density at radius 1 is 1.21 bits per heavy atom. The summed E-state index contributed by atoms with van der Waals surface area (Å²) in [4.78, 5) is 12.1. The van der Waals surface area contributed by atoms with E-state index < -0.39 is 0 Å². The van der Waals surface area contributed by atoms with Gasteiger partial charge in [-0.3, -0.25) is 9.89 Å². The lowest BCUT2D eigenvalue weighted by atomic mass is 10.0. The molecule has 0 saturated carbocycles. The quantitative estimate of drug-likeness (QED) is 0.883. The van der Waals surface area contributed by atoms with Crippen LogP contribution in [0.3, 0.4) is 0 Å². The Kier molecular flexibility index (Phi) is 4.00. The fourth-order valence-corrected chi connectivity index (χ4v) is 1.82. The van der Waals surface area contributed by atoms with Gasteiger partial charge in [-0.2, -0.15) is 5.10 Å². The number of carbonyl (C=O) groups is 1. The molecule has 2 aromatic rings. The third-order valence-corrected chi connectivity index (χ3v) is 3.16. The lowest BCUT2D eigenvalue weighted by Gasteiger charge is -2.10. The van der Waals surface area contributed by atoms with E-state index in [2.05, 4.69) is 29.4 Å². The highest BCUT2D eigenvalue weighted by Crippen LogP contribution is 2.19. The van der Waals surface area contributed by atoms with Crippen LogP contribution in [0.5, 0.6) is 0 Å². The smallest absolute Gasteiger partial charge is 0.232 e. The molecule has 100 valence electrons. The van der Waals surface area contributed by atoms with Gasteiger partial charge in [0.2, 0.25) is 5.91 Å². The maximum Gasteiger partial charge on any atom is 0.232 e. The molecule has 4 nitrogen and oxygen atoms in total. The highest BCUT2D eigenvalue weighted by Gasteiger charge is 2.16.